The van der Waals surface area contributed by atoms with Crippen LogP contribution in [0.15, 0.2) is 82.1 Å². The Morgan fingerprint density at radius 3 is 2.29 bits per heavy atom. The number of nitrogens with zero attached hydrogens (tertiary/aromatic N) is 3. The van der Waals surface area contributed by atoms with Crippen molar-refractivity contribution in [3.05, 3.63) is 94.0 Å². The van der Waals surface area contributed by atoms with E-state index in [0.717, 1.165) is 0 Å². The van der Waals surface area contributed by atoms with Gasteiger partial charge in [-0.2, -0.15) is 8.42 Å². The Bertz CT molecular complexity index is 1320. The molecule has 3 aromatic carbocycles. The number of fused-ring (bicyclic) bond motifs is 1. The van der Waals surface area contributed by atoms with Crippen molar-refractivity contribution in [3.8, 4) is 5.75 Å². The molecule has 0 amide bonds. The minimum absolute atomic E-state index is 0.123. The van der Waals surface area contributed by atoms with Crippen LogP contribution in [-0.2, 0) is 10.0 Å². The Labute approximate surface area is 177 Å². The van der Waals surface area contributed by atoms with Crippen LogP contribution in [0.5, 0.6) is 5.75 Å². The highest BCUT2D eigenvalue weighted by Crippen LogP contribution is 2.30. The summed E-state index contributed by atoms with van der Waals surface area (Å²) in [6, 6.07) is 18.1. The van der Waals surface area contributed by atoms with Crippen molar-refractivity contribution in [2.45, 2.75) is 4.90 Å². The van der Waals surface area contributed by atoms with Gasteiger partial charge >= 0.3 is 5.97 Å². The Morgan fingerprint density at radius 2 is 1.65 bits per heavy atom. The normalized spacial score (nSPS) is 13.8. The van der Waals surface area contributed by atoms with Gasteiger partial charge in [0.1, 0.15) is 10.6 Å². The van der Waals surface area contributed by atoms with Gasteiger partial charge in [-0.1, -0.05) is 12.1 Å². The van der Waals surface area contributed by atoms with Gasteiger partial charge in [-0.15, -0.1) is 4.40 Å². The Kier molecular flexibility index (Phi) is 4.99. The highest BCUT2D eigenvalue weighted by atomic mass is 32.2. The summed E-state index contributed by atoms with van der Waals surface area (Å²) in [7, 11) is -2.05. The van der Waals surface area contributed by atoms with Crippen molar-refractivity contribution >= 4 is 33.2 Å². The van der Waals surface area contributed by atoms with E-state index in [9.17, 15) is 23.3 Å². The molecule has 0 aliphatic carbocycles. The number of esters is 1. The van der Waals surface area contributed by atoms with Crippen LogP contribution < -0.4 is 9.64 Å². The zero-order valence-electron chi connectivity index (χ0n) is 16.1. The molecular formula is C21H15N3O6S. The molecule has 0 saturated carbocycles. The molecule has 1 aliphatic heterocycles. The fourth-order valence-corrected chi connectivity index (χ4v) is 4.31. The number of amidine groups is 1. The fraction of sp³-hybridized carbons (Fsp3) is 0.0476. The number of non-ortho nitro benzene ring substituents is 1. The topological polar surface area (TPSA) is 119 Å². The van der Waals surface area contributed by atoms with E-state index in [4.69, 9.17) is 4.74 Å². The summed E-state index contributed by atoms with van der Waals surface area (Å²) < 4.78 is 33.7. The zero-order valence-corrected chi connectivity index (χ0v) is 16.9. The third kappa shape index (κ3) is 3.88. The van der Waals surface area contributed by atoms with Crippen LogP contribution in [0.25, 0.3) is 0 Å². The Morgan fingerprint density at radius 1 is 1.00 bits per heavy atom. The molecule has 4 rings (SSSR count). The van der Waals surface area contributed by atoms with Crippen molar-refractivity contribution in [3.63, 3.8) is 0 Å². The first-order valence-corrected chi connectivity index (χ1v) is 10.4. The summed E-state index contributed by atoms with van der Waals surface area (Å²) in [5, 5.41) is 10.7. The third-order valence-corrected chi connectivity index (χ3v) is 6.00. The van der Waals surface area contributed by atoms with Crippen LogP contribution >= 0.6 is 0 Å². The van der Waals surface area contributed by atoms with Gasteiger partial charge in [-0.25, -0.2) is 4.79 Å². The van der Waals surface area contributed by atoms with Gasteiger partial charge in [-0.05, 0) is 48.5 Å². The number of anilines is 1. The van der Waals surface area contributed by atoms with E-state index < -0.39 is 20.9 Å². The van der Waals surface area contributed by atoms with Gasteiger partial charge in [0.25, 0.3) is 15.7 Å². The molecular weight excluding hydrogens is 422 g/mol. The highest BCUT2D eigenvalue weighted by molar-refractivity contribution is 7.90. The maximum atomic E-state index is 12.3. The second-order valence-corrected chi connectivity index (χ2v) is 8.21. The number of ether oxygens (including phenoxy) is 1. The summed E-state index contributed by atoms with van der Waals surface area (Å²) in [6.07, 6.45) is 0. The molecule has 0 saturated heterocycles. The molecule has 156 valence electrons. The number of carbonyl (C=O) groups excluding carboxylic acids is 1. The molecule has 10 heteroatoms. The highest BCUT2D eigenvalue weighted by Gasteiger charge is 2.30. The molecule has 3 aromatic rings. The minimum atomic E-state index is -3.74. The summed E-state index contributed by atoms with van der Waals surface area (Å²) in [6.45, 7) is 0. The summed E-state index contributed by atoms with van der Waals surface area (Å²) in [5.41, 5.74) is 1.20. The molecule has 0 aromatic heterocycles. The average molecular weight is 437 g/mol. The van der Waals surface area contributed by atoms with Gasteiger partial charge < -0.3 is 9.64 Å². The van der Waals surface area contributed by atoms with E-state index in [2.05, 4.69) is 4.40 Å². The lowest BCUT2D eigenvalue weighted by molar-refractivity contribution is -0.384. The minimum Gasteiger partial charge on any atom is -0.423 e. The fourth-order valence-electron chi connectivity index (χ4n) is 3.08. The van der Waals surface area contributed by atoms with E-state index in [1.807, 2.05) is 0 Å². The molecule has 9 nitrogen and oxygen atoms in total. The lowest BCUT2D eigenvalue weighted by Gasteiger charge is -2.19. The SMILES string of the molecule is CN(C1=NS(=O)(=O)c2ccccc21)c1ccc(OC(=O)c2ccc([N+](=O)[O-])cc2)cc1. The monoisotopic (exact) mass is 437 g/mol. The van der Waals surface area contributed by atoms with Gasteiger partial charge in [-0.3, -0.25) is 10.1 Å². The van der Waals surface area contributed by atoms with E-state index in [1.165, 1.54) is 30.3 Å². The molecule has 0 radical (unpaired) electrons. The summed E-state index contributed by atoms with van der Waals surface area (Å²) in [4.78, 5) is 24.2. The van der Waals surface area contributed by atoms with Crippen LogP contribution in [0.3, 0.4) is 0 Å². The molecule has 0 bridgehead atoms. The van der Waals surface area contributed by atoms with Gasteiger partial charge in [0.2, 0.25) is 0 Å². The number of nitro benzene ring substituents is 1. The molecule has 31 heavy (non-hydrogen) atoms. The van der Waals surface area contributed by atoms with Gasteiger partial charge in [0.15, 0.2) is 5.84 Å². The number of benzene rings is 3. The standard InChI is InChI=1S/C21H15N3O6S/c1-23(20-18-4-2-3-5-19(18)31(28,29)22-20)15-10-12-17(13-11-15)30-21(25)14-6-8-16(9-7-14)24(26)27/h2-13H,1H3. The molecule has 1 aliphatic rings. The van der Waals surface area contributed by atoms with Gasteiger partial charge in [0, 0.05) is 30.4 Å². The number of nitro groups is 1. The molecule has 0 unspecified atom stereocenters. The summed E-state index contributed by atoms with van der Waals surface area (Å²) >= 11 is 0. The second-order valence-electron chi connectivity index (χ2n) is 6.63. The van der Waals surface area contributed by atoms with Crippen LogP contribution in [0.2, 0.25) is 0 Å². The lowest BCUT2D eigenvalue weighted by Crippen LogP contribution is -2.25. The third-order valence-electron chi connectivity index (χ3n) is 4.68. The number of hydrogen-bond acceptors (Lipinski definition) is 7. The quantitative estimate of drug-likeness (QED) is 0.266. The van der Waals surface area contributed by atoms with E-state index in [0.29, 0.717) is 17.1 Å². The van der Waals surface area contributed by atoms with Crippen LogP contribution in [0, 0.1) is 10.1 Å². The first-order valence-electron chi connectivity index (χ1n) is 9.01. The van der Waals surface area contributed by atoms with Crippen LogP contribution in [-0.4, -0.2) is 32.2 Å². The van der Waals surface area contributed by atoms with Gasteiger partial charge in [0.05, 0.1) is 10.5 Å². The maximum absolute atomic E-state index is 12.3. The largest absolute Gasteiger partial charge is 0.423 e. The Hall–Kier alpha value is -4.05. The second kappa shape index (κ2) is 7.65. The number of carbonyl (C=O) groups is 1. The molecule has 1 heterocycles. The predicted octanol–water partition coefficient (Wildman–Crippen LogP) is 3.40. The maximum Gasteiger partial charge on any atom is 0.343 e. The van der Waals surface area contributed by atoms with Crippen molar-refractivity contribution in [2.75, 3.05) is 11.9 Å². The van der Waals surface area contributed by atoms with E-state index in [1.54, 1.807) is 54.4 Å². The molecule has 0 atom stereocenters. The van der Waals surface area contributed by atoms with E-state index in [-0.39, 0.29) is 21.9 Å². The molecule has 0 fully saturated rings. The lowest BCUT2D eigenvalue weighted by atomic mass is 10.1. The van der Waals surface area contributed by atoms with Crippen molar-refractivity contribution in [2.24, 2.45) is 4.40 Å². The van der Waals surface area contributed by atoms with Crippen LogP contribution in [0.4, 0.5) is 11.4 Å². The molecule has 0 spiro atoms. The Balaban J connectivity index is 1.51. The predicted molar refractivity (Wildman–Crippen MR) is 113 cm³/mol. The smallest absolute Gasteiger partial charge is 0.343 e. The van der Waals surface area contributed by atoms with Crippen molar-refractivity contribution < 1.29 is 22.9 Å². The van der Waals surface area contributed by atoms with Crippen molar-refractivity contribution in [1.82, 2.24) is 0 Å². The molecule has 0 N–H and O–H groups in total. The first-order chi connectivity index (χ1) is 14.8. The average Bonchev–Trinajstić information content (AvgIpc) is 3.05. The van der Waals surface area contributed by atoms with Crippen molar-refractivity contribution in [1.29, 1.82) is 0 Å². The number of rotatable bonds is 4. The number of sulfonamides is 1. The zero-order chi connectivity index (χ0) is 22.2. The summed E-state index contributed by atoms with van der Waals surface area (Å²) in [5.74, 6) is -0.0932. The van der Waals surface area contributed by atoms with E-state index >= 15 is 0 Å². The number of hydrogen-bond donors (Lipinski definition) is 0. The van der Waals surface area contributed by atoms with Crippen LogP contribution in [0.1, 0.15) is 15.9 Å². The first kappa shape index (κ1) is 20.2.